The van der Waals surface area contributed by atoms with E-state index in [9.17, 15) is 18.0 Å². The molecule has 0 spiro atoms. The Hall–Kier alpha value is -3.85. The lowest BCUT2D eigenvalue weighted by atomic mass is 10.0. The summed E-state index contributed by atoms with van der Waals surface area (Å²) < 4.78 is 29.2. The molecule has 0 heterocycles. The number of hydrogen-bond donors (Lipinski definition) is 1. The van der Waals surface area contributed by atoms with Gasteiger partial charge < -0.3 is 10.2 Å². The largest absolute Gasteiger partial charge is 0.352 e. The first-order valence-electron chi connectivity index (χ1n) is 14.2. The molecule has 10 heteroatoms. The topological polar surface area (TPSA) is 86.8 Å². The smallest absolute Gasteiger partial charge is 0.264 e. The zero-order chi connectivity index (χ0) is 31.9. The lowest BCUT2D eigenvalue weighted by Crippen LogP contribution is -2.54. The number of rotatable bonds is 12. The monoisotopic (exact) mass is 651 g/mol. The SMILES string of the molecule is Cc1cccc(N(CC(=O)N(Cc2ccc(Cl)c(Cl)c2)C(Cc2ccccc2)C(=O)NC(C)C)S(=O)(=O)c2ccccc2)c1. The molecule has 1 N–H and O–H groups in total. The van der Waals surface area contributed by atoms with Gasteiger partial charge in [-0.2, -0.15) is 0 Å². The average Bonchev–Trinajstić information content (AvgIpc) is 2.99. The minimum Gasteiger partial charge on any atom is -0.352 e. The highest BCUT2D eigenvalue weighted by Gasteiger charge is 2.35. The third kappa shape index (κ3) is 8.40. The molecule has 2 amide bonds. The Kier molecular flexibility index (Phi) is 11.1. The van der Waals surface area contributed by atoms with Crippen LogP contribution >= 0.6 is 23.2 Å². The molecule has 0 bridgehead atoms. The summed E-state index contributed by atoms with van der Waals surface area (Å²) in [6.45, 7) is 4.98. The zero-order valence-corrected chi connectivity index (χ0v) is 27.1. The minimum absolute atomic E-state index is 0.00815. The van der Waals surface area contributed by atoms with Gasteiger partial charge in [0.2, 0.25) is 11.8 Å². The summed E-state index contributed by atoms with van der Waals surface area (Å²) in [5, 5.41) is 3.60. The number of sulfonamides is 1. The molecule has 230 valence electrons. The number of benzene rings is 4. The van der Waals surface area contributed by atoms with Crippen molar-refractivity contribution >= 4 is 50.7 Å². The van der Waals surface area contributed by atoms with Crippen molar-refractivity contribution in [2.75, 3.05) is 10.8 Å². The fraction of sp³-hybridized carbons (Fsp3) is 0.235. The molecule has 4 aromatic rings. The van der Waals surface area contributed by atoms with Crippen LogP contribution in [0.2, 0.25) is 10.0 Å². The molecule has 1 unspecified atom stereocenters. The number of carbonyl (C=O) groups excluding carboxylic acids is 2. The second kappa shape index (κ2) is 14.8. The molecule has 4 rings (SSSR count). The average molecular weight is 653 g/mol. The molecule has 1 atom stereocenters. The second-order valence-electron chi connectivity index (χ2n) is 10.8. The Balaban J connectivity index is 1.81. The van der Waals surface area contributed by atoms with E-state index in [1.807, 2.05) is 57.2 Å². The van der Waals surface area contributed by atoms with Gasteiger partial charge in [0.25, 0.3) is 10.0 Å². The van der Waals surface area contributed by atoms with Crippen LogP contribution in [0.25, 0.3) is 0 Å². The van der Waals surface area contributed by atoms with Gasteiger partial charge in [-0.05, 0) is 73.9 Å². The summed E-state index contributed by atoms with van der Waals surface area (Å²) >= 11 is 12.5. The van der Waals surface area contributed by atoms with E-state index in [4.69, 9.17) is 23.2 Å². The highest BCUT2D eigenvalue weighted by atomic mass is 35.5. The fourth-order valence-corrected chi connectivity index (χ4v) is 6.55. The van der Waals surface area contributed by atoms with Crippen LogP contribution in [0.5, 0.6) is 0 Å². The normalized spacial score (nSPS) is 12.0. The van der Waals surface area contributed by atoms with Crippen LogP contribution in [0.3, 0.4) is 0 Å². The molecule has 0 radical (unpaired) electrons. The Morgan fingerprint density at radius 1 is 0.795 bits per heavy atom. The quantitative estimate of drug-likeness (QED) is 0.186. The van der Waals surface area contributed by atoms with Crippen LogP contribution < -0.4 is 9.62 Å². The highest BCUT2D eigenvalue weighted by Crippen LogP contribution is 2.27. The van der Waals surface area contributed by atoms with Gasteiger partial charge in [0.1, 0.15) is 12.6 Å². The van der Waals surface area contributed by atoms with Crippen LogP contribution in [0.4, 0.5) is 5.69 Å². The van der Waals surface area contributed by atoms with E-state index < -0.39 is 28.5 Å². The summed E-state index contributed by atoms with van der Waals surface area (Å²) in [5.74, 6) is -0.915. The summed E-state index contributed by atoms with van der Waals surface area (Å²) in [7, 11) is -4.16. The summed E-state index contributed by atoms with van der Waals surface area (Å²) in [4.78, 5) is 29.7. The Bertz CT molecular complexity index is 1700. The number of halogens is 2. The molecule has 0 aliphatic carbocycles. The van der Waals surface area contributed by atoms with E-state index >= 15 is 0 Å². The van der Waals surface area contributed by atoms with Crippen molar-refractivity contribution in [2.45, 2.75) is 50.7 Å². The Morgan fingerprint density at radius 3 is 2.07 bits per heavy atom. The highest BCUT2D eigenvalue weighted by molar-refractivity contribution is 7.92. The van der Waals surface area contributed by atoms with Gasteiger partial charge in [0.15, 0.2) is 0 Å². The third-order valence-corrected chi connectivity index (χ3v) is 9.47. The lowest BCUT2D eigenvalue weighted by Gasteiger charge is -2.34. The molecule has 4 aromatic carbocycles. The molecule has 0 saturated heterocycles. The molecular formula is C34H35Cl2N3O4S. The van der Waals surface area contributed by atoms with E-state index in [0.717, 1.165) is 15.4 Å². The van der Waals surface area contributed by atoms with Crippen molar-refractivity contribution in [3.8, 4) is 0 Å². The number of nitrogens with zero attached hydrogens (tertiary/aromatic N) is 2. The van der Waals surface area contributed by atoms with Crippen molar-refractivity contribution in [1.29, 1.82) is 0 Å². The standard InChI is InChI=1S/C34H35Cl2N3O4S/c1-24(2)37-34(41)32(21-26-12-6-4-7-13-26)38(22-27-17-18-30(35)31(36)20-27)33(40)23-39(28-14-10-11-25(3)19-28)44(42,43)29-15-8-5-9-16-29/h4-20,24,32H,21-23H2,1-3H3,(H,37,41). The van der Waals surface area contributed by atoms with E-state index in [1.165, 1.54) is 17.0 Å². The predicted molar refractivity (Wildman–Crippen MR) is 176 cm³/mol. The number of hydrogen-bond acceptors (Lipinski definition) is 4. The van der Waals surface area contributed by atoms with Gasteiger partial charge in [-0.1, -0.05) is 89.9 Å². The number of anilines is 1. The molecule has 0 aliphatic heterocycles. The van der Waals surface area contributed by atoms with Gasteiger partial charge >= 0.3 is 0 Å². The van der Waals surface area contributed by atoms with Crippen LogP contribution in [0.1, 0.15) is 30.5 Å². The maximum atomic E-state index is 14.4. The maximum Gasteiger partial charge on any atom is 0.264 e. The summed E-state index contributed by atoms with van der Waals surface area (Å²) in [5.41, 5.74) is 2.64. The van der Waals surface area contributed by atoms with Gasteiger partial charge in [0.05, 0.1) is 20.6 Å². The third-order valence-electron chi connectivity index (χ3n) is 6.94. The van der Waals surface area contributed by atoms with Gasteiger partial charge in [0, 0.05) is 19.0 Å². The first-order valence-corrected chi connectivity index (χ1v) is 16.4. The fourth-order valence-electron chi connectivity index (χ4n) is 4.80. The predicted octanol–water partition coefficient (Wildman–Crippen LogP) is 6.66. The summed E-state index contributed by atoms with van der Waals surface area (Å²) in [6.07, 6.45) is 0.211. The minimum atomic E-state index is -4.16. The van der Waals surface area contributed by atoms with Crippen molar-refractivity contribution in [1.82, 2.24) is 10.2 Å². The summed E-state index contributed by atoms with van der Waals surface area (Å²) in [6, 6.07) is 28.1. The van der Waals surface area contributed by atoms with Crippen LogP contribution in [0, 0.1) is 6.92 Å². The number of nitrogens with one attached hydrogen (secondary N) is 1. The maximum absolute atomic E-state index is 14.4. The molecule has 0 fully saturated rings. The molecule has 0 saturated carbocycles. The molecule has 7 nitrogen and oxygen atoms in total. The molecular weight excluding hydrogens is 617 g/mol. The Labute approximate surface area is 269 Å². The van der Waals surface area contributed by atoms with Gasteiger partial charge in [-0.15, -0.1) is 0 Å². The van der Waals surface area contributed by atoms with Gasteiger partial charge in [-0.25, -0.2) is 8.42 Å². The number of amides is 2. The van der Waals surface area contributed by atoms with Crippen LogP contribution in [0.15, 0.2) is 108 Å². The van der Waals surface area contributed by atoms with Crippen molar-refractivity contribution in [2.24, 2.45) is 0 Å². The second-order valence-corrected chi connectivity index (χ2v) is 13.5. The van der Waals surface area contributed by atoms with Crippen molar-refractivity contribution in [3.05, 3.63) is 130 Å². The van der Waals surface area contributed by atoms with E-state index in [1.54, 1.807) is 54.6 Å². The van der Waals surface area contributed by atoms with E-state index in [0.29, 0.717) is 21.3 Å². The molecule has 0 aliphatic rings. The number of carbonyl (C=O) groups is 2. The van der Waals surface area contributed by atoms with Gasteiger partial charge in [-0.3, -0.25) is 13.9 Å². The van der Waals surface area contributed by atoms with E-state index in [-0.39, 0.29) is 29.8 Å². The Morgan fingerprint density at radius 2 is 1.45 bits per heavy atom. The van der Waals surface area contributed by atoms with E-state index in [2.05, 4.69) is 5.32 Å². The first-order chi connectivity index (χ1) is 21.0. The lowest BCUT2D eigenvalue weighted by molar-refractivity contribution is -0.140. The van der Waals surface area contributed by atoms with Crippen LogP contribution in [-0.2, 0) is 32.6 Å². The van der Waals surface area contributed by atoms with Crippen molar-refractivity contribution in [3.63, 3.8) is 0 Å². The molecule has 0 aromatic heterocycles. The first kappa shape index (κ1) is 33.1. The number of aryl methyl sites for hydroxylation is 1. The molecule has 44 heavy (non-hydrogen) atoms. The van der Waals surface area contributed by atoms with Crippen LogP contribution in [-0.4, -0.2) is 43.8 Å². The zero-order valence-electron chi connectivity index (χ0n) is 24.8. The van der Waals surface area contributed by atoms with Crippen molar-refractivity contribution < 1.29 is 18.0 Å².